The lowest BCUT2D eigenvalue weighted by atomic mass is 9.65. The zero-order valence-corrected chi connectivity index (χ0v) is 22.8. The van der Waals surface area contributed by atoms with E-state index in [-0.39, 0.29) is 0 Å². The van der Waals surface area contributed by atoms with E-state index >= 15 is 0 Å². The molecule has 4 nitrogen and oxygen atoms in total. The zero-order valence-electron chi connectivity index (χ0n) is 22.0. The van der Waals surface area contributed by atoms with Gasteiger partial charge in [-0.15, -0.1) is 0 Å². The van der Waals surface area contributed by atoms with Crippen LogP contribution in [0.2, 0.25) is 0 Å². The minimum Gasteiger partial charge on any atom is -0.309 e. The van der Waals surface area contributed by atoms with Gasteiger partial charge in [-0.1, -0.05) is 78.9 Å². The second-order valence-electron chi connectivity index (χ2n) is 10.4. The van der Waals surface area contributed by atoms with Crippen LogP contribution >= 0.6 is 0 Å². The molecule has 0 N–H and O–H groups in total. The average Bonchev–Trinajstić information content (AvgIpc) is 3.36. The molecule has 0 spiro atoms. The number of nitrogens with zero attached hydrogens (tertiary/aromatic N) is 2. The number of fused-ring (bicyclic) bond motifs is 5. The van der Waals surface area contributed by atoms with Crippen molar-refractivity contribution in [3.05, 3.63) is 168 Å². The third-order valence-electron chi connectivity index (χ3n) is 8.39. The number of benzene rings is 5. The number of pyridine rings is 1. The normalized spacial score (nSPS) is 14.9. The maximum atomic E-state index is 14.0. The van der Waals surface area contributed by atoms with Crippen LogP contribution in [0.1, 0.15) is 22.3 Å². The van der Waals surface area contributed by atoms with Crippen LogP contribution < -0.4 is 0 Å². The van der Waals surface area contributed by atoms with E-state index in [9.17, 15) is 8.42 Å². The molecule has 7 aromatic rings. The van der Waals surface area contributed by atoms with E-state index in [0.29, 0.717) is 9.79 Å². The second-order valence-corrected chi connectivity index (χ2v) is 12.3. The van der Waals surface area contributed by atoms with E-state index in [0.717, 1.165) is 49.7 Å². The smallest absolute Gasteiger partial charge is 0.207 e. The molecule has 0 amide bonds. The van der Waals surface area contributed by atoms with Gasteiger partial charge in [0.1, 0.15) is 0 Å². The van der Waals surface area contributed by atoms with Gasteiger partial charge in [-0.3, -0.25) is 4.98 Å². The van der Waals surface area contributed by atoms with Crippen molar-refractivity contribution in [3.63, 3.8) is 0 Å². The minimum absolute atomic E-state index is 0.335. The predicted molar refractivity (Wildman–Crippen MR) is 162 cm³/mol. The second kappa shape index (κ2) is 8.75. The van der Waals surface area contributed by atoms with Crippen molar-refractivity contribution in [2.45, 2.75) is 15.2 Å². The Kier molecular flexibility index (Phi) is 5.09. The van der Waals surface area contributed by atoms with E-state index in [1.165, 1.54) is 0 Å². The predicted octanol–water partition coefficient (Wildman–Crippen LogP) is 7.71. The van der Waals surface area contributed by atoms with Gasteiger partial charge in [0.25, 0.3) is 0 Å². The van der Waals surface area contributed by atoms with Crippen LogP contribution in [-0.2, 0) is 15.3 Å². The molecule has 0 saturated heterocycles. The van der Waals surface area contributed by atoms with Crippen LogP contribution in [0.4, 0.5) is 0 Å². The Hall–Kier alpha value is -5.00. The average molecular weight is 549 g/mol. The quantitative estimate of drug-likeness (QED) is 0.227. The Balaban J connectivity index is 1.55. The van der Waals surface area contributed by atoms with Crippen molar-refractivity contribution < 1.29 is 8.42 Å². The maximum Gasteiger partial charge on any atom is 0.207 e. The Morgan fingerprint density at radius 2 is 1.12 bits per heavy atom. The number of sulfone groups is 1. The third-order valence-corrected chi connectivity index (χ3v) is 10.3. The molecule has 1 aliphatic heterocycles. The lowest BCUT2D eigenvalue weighted by molar-refractivity contribution is 0.579. The van der Waals surface area contributed by atoms with Crippen LogP contribution in [0.25, 0.3) is 27.5 Å². The number of para-hydroxylation sites is 2. The van der Waals surface area contributed by atoms with Gasteiger partial charge in [0.2, 0.25) is 9.84 Å². The Morgan fingerprint density at radius 3 is 1.83 bits per heavy atom. The molecule has 0 aliphatic carbocycles. The first-order chi connectivity index (χ1) is 20.1. The summed E-state index contributed by atoms with van der Waals surface area (Å²) >= 11 is 0. The number of hydrogen-bond donors (Lipinski definition) is 0. The molecule has 0 fully saturated rings. The summed E-state index contributed by atoms with van der Waals surface area (Å²) in [6, 6.07) is 44.3. The summed E-state index contributed by atoms with van der Waals surface area (Å²) in [5.74, 6) is 0. The molecule has 0 radical (unpaired) electrons. The fourth-order valence-electron chi connectivity index (χ4n) is 6.74. The molecular formula is C36H24N2O2S. The first kappa shape index (κ1) is 23.9. The fraction of sp³-hybridized carbons (Fsp3) is 0.0278. The summed E-state index contributed by atoms with van der Waals surface area (Å²) in [4.78, 5) is 4.98. The highest BCUT2D eigenvalue weighted by atomic mass is 32.2. The zero-order chi connectivity index (χ0) is 27.6. The van der Waals surface area contributed by atoms with Gasteiger partial charge in [0.15, 0.2) is 0 Å². The summed E-state index contributed by atoms with van der Waals surface area (Å²) in [5.41, 5.74) is 5.90. The van der Waals surface area contributed by atoms with Gasteiger partial charge in [0.05, 0.1) is 26.2 Å². The molecule has 8 rings (SSSR count). The van der Waals surface area contributed by atoms with Gasteiger partial charge in [-0.2, -0.15) is 0 Å². The van der Waals surface area contributed by atoms with Crippen molar-refractivity contribution >= 4 is 31.6 Å². The highest BCUT2D eigenvalue weighted by Crippen LogP contribution is 2.54. The van der Waals surface area contributed by atoms with E-state index in [2.05, 4.69) is 76.3 Å². The van der Waals surface area contributed by atoms with Crippen LogP contribution in [0, 0.1) is 0 Å². The summed E-state index contributed by atoms with van der Waals surface area (Å²) in [6.07, 6.45) is 3.57. The van der Waals surface area contributed by atoms with Crippen LogP contribution in [-0.4, -0.2) is 18.0 Å². The topological polar surface area (TPSA) is 52.0 Å². The first-order valence-electron chi connectivity index (χ1n) is 13.6. The lowest BCUT2D eigenvalue weighted by Gasteiger charge is -2.41. The van der Waals surface area contributed by atoms with Crippen molar-refractivity contribution in [1.82, 2.24) is 9.55 Å². The summed E-state index contributed by atoms with van der Waals surface area (Å²) in [6.45, 7) is 0. The van der Waals surface area contributed by atoms with E-state index in [1.54, 1.807) is 36.7 Å². The Labute approximate surface area is 238 Å². The molecular weight excluding hydrogens is 524 g/mol. The molecule has 1 aliphatic rings. The minimum atomic E-state index is -3.72. The van der Waals surface area contributed by atoms with Gasteiger partial charge < -0.3 is 4.57 Å². The number of aromatic nitrogens is 2. The van der Waals surface area contributed by atoms with Gasteiger partial charge in [-0.25, -0.2) is 8.42 Å². The van der Waals surface area contributed by atoms with Crippen LogP contribution in [0.15, 0.2) is 156 Å². The molecule has 0 unspecified atom stereocenters. The van der Waals surface area contributed by atoms with E-state index in [1.807, 2.05) is 42.5 Å². The molecule has 3 heterocycles. The lowest BCUT2D eigenvalue weighted by Crippen LogP contribution is -2.37. The highest BCUT2D eigenvalue weighted by Gasteiger charge is 2.48. The van der Waals surface area contributed by atoms with E-state index in [4.69, 9.17) is 0 Å². The van der Waals surface area contributed by atoms with Crippen molar-refractivity contribution in [2.75, 3.05) is 0 Å². The molecule has 41 heavy (non-hydrogen) atoms. The number of hydrogen-bond acceptors (Lipinski definition) is 3. The molecule has 0 bridgehead atoms. The number of rotatable bonds is 3. The SMILES string of the molecule is O=S1(=O)c2ccccc2C(c2ccncc2)(c2ccc3c(c2)c2ccccc2n3-c2ccccc2)c2ccccc21. The van der Waals surface area contributed by atoms with Crippen molar-refractivity contribution in [3.8, 4) is 5.69 Å². The third kappa shape index (κ3) is 3.21. The van der Waals surface area contributed by atoms with Gasteiger partial charge >= 0.3 is 0 Å². The van der Waals surface area contributed by atoms with Crippen LogP contribution in [0.3, 0.4) is 0 Å². The molecule has 2 aromatic heterocycles. The van der Waals surface area contributed by atoms with Crippen LogP contribution in [0.5, 0.6) is 0 Å². The Bertz CT molecular complexity index is 2170. The van der Waals surface area contributed by atoms with Crippen molar-refractivity contribution in [2.24, 2.45) is 0 Å². The first-order valence-corrected chi connectivity index (χ1v) is 15.0. The highest BCUT2D eigenvalue weighted by molar-refractivity contribution is 7.91. The molecule has 0 atom stereocenters. The summed E-state index contributed by atoms with van der Waals surface area (Å²) < 4.78 is 30.2. The standard InChI is InChI=1S/C36H24N2O2S/c39-41(40)34-16-8-5-13-30(34)36(25-20-22-37-23-21-25,31-14-6-9-17-35(31)41)26-18-19-33-29(24-26)28-12-4-7-15-32(28)38(33)27-10-2-1-3-11-27/h1-24H. The van der Waals surface area contributed by atoms with Gasteiger partial charge in [0, 0.05) is 28.9 Å². The monoisotopic (exact) mass is 548 g/mol. The molecule has 196 valence electrons. The molecule has 5 aromatic carbocycles. The maximum absolute atomic E-state index is 14.0. The van der Waals surface area contributed by atoms with Gasteiger partial charge in [-0.05, 0) is 76.9 Å². The van der Waals surface area contributed by atoms with Crippen molar-refractivity contribution in [1.29, 1.82) is 0 Å². The summed E-state index contributed by atoms with van der Waals surface area (Å²) in [7, 11) is -3.72. The fourth-order valence-corrected chi connectivity index (χ4v) is 8.51. The molecule has 0 saturated carbocycles. The molecule has 5 heteroatoms. The Morgan fingerprint density at radius 1 is 0.537 bits per heavy atom. The largest absolute Gasteiger partial charge is 0.309 e. The van der Waals surface area contributed by atoms with E-state index < -0.39 is 15.3 Å². The summed E-state index contributed by atoms with van der Waals surface area (Å²) in [5, 5.41) is 2.25.